The van der Waals surface area contributed by atoms with E-state index in [1.807, 2.05) is 0 Å². The first-order valence-corrected chi connectivity index (χ1v) is 7.77. The molecule has 0 aromatic heterocycles. The molecule has 0 aromatic rings. The van der Waals surface area contributed by atoms with Gasteiger partial charge in [0.25, 0.3) is 0 Å². The van der Waals surface area contributed by atoms with E-state index in [4.69, 9.17) is 5.11 Å². The standard InChI is InChI=1S/C15H24N2O4/c18-12(17-11-3-4-11)5-8-16-13(19)9-15(10-14(20)21)6-1-2-7-15/h11H,1-10H2,(H,16,19)(H,17,18)(H,20,21). The van der Waals surface area contributed by atoms with Gasteiger partial charge in [0.1, 0.15) is 0 Å². The molecule has 6 heteroatoms. The van der Waals surface area contributed by atoms with Gasteiger partial charge < -0.3 is 15.7 Å². The Kier molecular flexibility index (Phi) is 5.20. The van der Waals surface area contributed by atoms with Gasteiger partial charge in [-0.05, 0) is 31.1 Å². The van der Waals surface area contributed by atoms with E-state index in [1.54, 1.807) is 0 Å². The normalized spacial score (nSPS) is 20.0. The number of amides is 2. The molecule has 118 valence electrons. The van der Waals surface area contributed by atoms with Crippen molar-refractivity contribution in [1.29, 1.82) is 0 Å². The van der Waals surface area contributed by atoms with E-state index < -0.39 is 5.97 Å². The van der Waals surface area contributed by atoms with Gasteiger partial charge >= 0.3 is 5.97 Å². The summed E-state index contributed by atoms with van der Waals surface area (Å²) in [5, 5.41) is 14.6. The van der Waals surface area contributed by atoms with Crippen molar-refractivity contribution in [2.24, 2.45) is 5.41 Å². The summed E-state index contributed by atoms with van der Waals surface area (Å²) in [4.78, 5) is 34.4. The average molecular weight is 296 g/mol. The average Bonchev–Trinajstić information content (AvgIpc) is 3.07. The molecule has 0 spiro atoms. The van der Waals surface area contributed by atoms with Gasteiger partial charge in [-0.3, -0.25) is 14.4 Å². The van der Waals surface area contributed by atoms with Crippen molar-refractivity contribution in [2.45, 2.75) is 63.8 Å². The van der Waals surface area contributed by atoms with Crippen molar-refractivity contribution < 1.29 is 19.5 Å². The van der Waals surface area contributed by atoms with Crippen LogP contribution in [0.15, 0.2) is 0 Å². The van der Waals surface area contributed by atoms with Crippen molar-refractivity contribution in [3.8, 4) is 0 Å². The van der Waals surface area contributed by atoms with E-state index in [1.165, 1.54) is 0 Å². The predicted octanol–water partition coefficient (Wildman–Crippen LogP) is 1.20. The molecule has 2 rings (SSSR count). The molecule has 6 nitrogen and oxygen atoms in total. The van der Waals surface area contributed by atoms with Gasteiger partial charge in [-0.15, -0.1) is 0 Å². The highest BCUT2D eigenvalue weighted by molar-refractivity contribution is 5.80. The number of aliphatic carboxylic acids is 1. The van der Waals surface area contributed by atoms with Crippen LogP contribution in [0.3, 0.4) is 0 Å². The maximum atomic E-state index is 12.0. The SMILES string of the molecule is O=C(O)CC1(CC(=O)NCCC(=O)NC2CC2)CCCC1. The topological polar surface area (TPSA) is 95.5 Å². The van der Waals surface area contributed by atoms with Crippen molar-refractivity contribution in [2.75, 3.05) is 6.54 Å². The molecule has 0 unspecified atom stereocenters. The monoisotopic (exact) mass is 296 g/mol. The van der Waals surface area contributed by atoms with Gasteiger partial charge in [0.15, 0.2) is 0 Å². The van der Waals surface area contributed by atoms with E-state index in [0.29, 0.717) is 12.6 Å². The maximum absolute atomic E-state index is 12.0. The summed E-state index contributed by atoms with van der Waals surface area (Å²) >= 11 is 0. The Hall–Kier alpha value is -1.59. The van der Waals surface area contributed by atoms with Crippen LogP contribution in [0.2, 0.25) is 0 Å². The minimum Gasteiger partial charge on any atom is -0.481 e. The Bertz CT molecular complexity index is 412. The summed E-state index contributed by atoms with van der Waals surface area (Å²) in [6.45, 7) is 0.320. The zero-order valence-corrected chi connectivity index (χ0v) is 12.3. The van der Waals surface area contributed by atoms with Crippen molar-refractivity contribution in [3.05, 3.63) is 0 Å². The number of carboxylic acid groups (broad SMARTS) is 1. The number of nitrogens with one attached hydrogen (secondary N) is 2. The molecule has 0 saturated heterocycles. The minimum atomic E-state index is -0.839. The first kappa shape index (κ1) is 15.8. The Morgan fingerprint density at radius 2 is 1.71 bits per heavy atom. The second kappa shape index (κ2) is 6.91. The molecule has 21 heavy (non-hydrogen) atoms. The van der Waals surface area contributed by atoms with Gasteiger partial charge in [-0.25, -0.2) is 0 Å². The number of hydrogen-bond donors (Lipinski definition) is 3. The summed E-state index contributed by atoms with van der Waals surface area (Å²) in [6, 6.07) is 0.338. The molecule has 0 aliphatic heterocycles. The lowest BCUT2D eigenvalue weighted by Gasteiger charge is -2.26. The maximum Gasteiger partial charge on any atom is 0.303 e. The zero-order chi connectivity index (χ0) is 15.3. The summed E-state index contributed by atoms with van der Waals surface area (Å²) in [5.41, 5.74) is -0.383. The lowest BCUT2D eigenvalue weighted by atomic mass is 9.79. The number of rotatable bonds is 8. The second-order valence-electron chi connectivity index (χ2n) is 6.40. The number of carbonyl (C=O) groups excluding carboxylic acids is 2. The van der Waals surface area contributed by atoms with Crippen LogP contribution in [0, 0.1) is 5.41 Å². The third kappa shape index (κ3) is 5.36. The number of carbonyl (C=O) groups is 3. The number of hydrogen-bond acceptors (Lipinski definition) is 3. The Labute approximate surface area is 124 Å². The fourth-order valence-electron chi connectivity index (χ4n) is 3.11. The fourth-order valence-corrected chi connectivity index (χ4v) is 3.11. The van der Waals surface area contributed by atoms with E-state index in [9.17, 15) is 14.4 Å². The van der Waals surface area contributed by atoms with Gasteiger partial charge in [0, 0.05) is 25.4 Å². The Balaban J connectivity index is 1.69. The molecule has 2 saturated carbocycles. The van der Waals surface area contributed by atoms with Gasteiger partial charge in [0.2, 0.25) is 11.8 Å². The lowest BCUT2D eigenvalue weighted by molar-refractivity contribution is -0.140. The molecule has 0 heterocycles. The van der Waals surface area contributed by atoms with Crippen LogP contribution in [0.1, 0.15) is 57.8 Å². The summed E-state index contributed by atoms with van der Waals surface area (Å²) in [6.07, 6.45) is 6.28. The molecule has 0 aromatic carbocycles. The first-order valence-electron chi connectivity index (χ1n) is 7.77. The quantitative estimate of drug-likeness (QED) is 0.627. The van der Waals surface area contributed by atoms with Crippen molar-refractivity contribution >= 4 is 17.8 Å². The van der Waals surface area contributed by atoms with Crippen LogP contribution in [0.4, 0.5) is 0 Å². The van der Waals surface area contributed by atoms with Crippen LogP contribution in [-0.4, -0.2) is 35.5 Å². The third-order valence-electron chi connectivity index (χ3n) is 4.34. The second-order valence-corrected chi connectivity index (χ2v) is 6.40. The van der Waals surface area contributed by atoms with Crippen LogP contribution in [0.5, 0.6) is 0 Å². The molecule has 2 fully saturated rings. The van der Waals surface area contributed by atoms with Crippen LogP contribution >= 0.6 is 0 Å². The van der Waals surface area contributed by atoms with E-state index in [0.717, 1.165) is 38.5 Å². The van der Waals surface area contributed by atoms with Crippen LogP contribution in [-0.2, 0) is 14.4 Å². The van der Waals surface area contributed by atoms with E-state index in [2.05, 4.69) is 10.6 Å². The predicted molar refractivity (Wildman–Crippen MR) is 76.6 cm³/mol. The fraction of sp³-hybridized carbons (Fsp3) is 0.800. The van der Waals surface area contributed by atoms with Crippen molar-refractivity contribution in [1.82, 2.24) is 10.6 Å². The molecular formula is C15H24N2O4. The highest BCUT2D eigenvalue weighted by Gasteiger charge is 2.37. The summed E-state index contributed by atoms with van der Waals surface area (Å²) in [7, 11) is 0. The third-order valence-corrected chi connectivity index (χ3v) is 4.34. The summed E-state index contributed by atoms with van der Waals surface area (Å²) < 4.78 is 0. The lowest BCUT2D eigenvalue weighted by Crippen LogP contribution is -2.35. The summed E-state index contributed by atoms with van der Waals surface area (Å²) in [5.74, 6) is -1.01. The Morgan fingerprint density at radius 1 is 1.05 bits per heavy atom. The molecule has 2 amide bonds. The highest BCUT2D eigenvalue weighted by atomic mass is 16.4. The van der Waals surface area contributed by atoms with E-state index >= 15 is 0 Å². The molecule has 0 bridgehead atoms. The van der Waals surface area contributed by atoms with Gasteiger partial charge in [-0.2, -0.15) is 0 Å². The smallest absolute Gasteiger partial charge is 0.303 e. The number of carboxylic acids is 1. The van der Waals surface area contributed by atoms with Crippen LogP contribution in [0.25, 0.3) is 0 Å². The largest absolute Gasteiger partial charge is 0.481 e. The first-order chi connectivity index (χ1) is 9.99. The van der Waals surface area contributed by atoms with Gasteiger partial charge in [0.05, 0.1) is 6.42 Å². The molecule has 2 aliphatic carbocycles. The zero-order valence-electron chi connectivity index (χ0n) is 12.3. The molecule has 0 radical (unpaired) electrons. The van der Waals surface area contributed by atoms with Gasteiger partial charge in [-0.1, -0.05) is 12.8 Å². The molecule has 2 aliphatic rings. The molecule has 0 atom stereocenters. The molecular weight excluding hydrogens is 272 g/mol. The highest BCUT2D eigenvalue weighted by Crippen LogP contribution is 2.43. The minimum absolute atomic E-state index is 0.0288. The Morgan fingerprint density at radius 3 is 2.29 bits per heavy atom. The van der Waals surface area contributed by atoms with E-state index in [-0.39, 0.29) is 36.5 Å². The van der Waals surface area contributed by atoms with Crippen LogP contribution < -0.4 is 10.6 Å². The van der Waals surface area contributed by atoms with Crippen molar-refractivity contribution in [3.63, 3.8) is 0 Å². The molecule has 3 N–H and O–H groups in total.